The summed E-state index contributed by atoms with van der Waals surface area (Å²) in [4.78, 5) is 12.0. The average molecular weight is 281 g/mol. The molecule has 1 unspecified atom stereocenters. The van der Waals surface area contributed by atoms with Crippen LogP contribution in [0, 0.1) is 11.7 Å². The second-order valence-electron chi connectivity index (χ2n) is 4.58. The highest BCUT2D eigenvalue weighted by molar-refractivity contribution is 5.99. The van der Waals surface area contributed by atoms with E-state index in [9.17, 15) is 9.18 Å². The molecule has 108 valence electrons. The second-order valence-corrected chi connectivity index (χ2v) is 4.58. The number of benzene rings is 1. The lowest BCUT2D eigenvalue weighted by atomic mass is 10.0. The number of oxime groups is 1. The van der Waals surface area contributed by atoms with E-state index in [2.05, 4.69) is 10.5 Å². The summed E-state index contributed by atoms with van der Waals surface area (Å²) in [6, 6.07) is 3.90. The van der Waals surface area contributed by atoms with Gasteiger partial charge in [0.05, 0.1) is 18.1 Å². The Labute approximate surface area is 115 Å². The molecule has 0 aliphatic carbocycles. The molecule has 1 aliphatic heterocycles. The lowest BCUT2D eigenvalue weighted by Crippen LogP contribution is -2.30. The normalized spacial score (nSPS) is 19.6. The minimum Gasteiger partial charge on any atom is -0.409 e. The van der Waals surface area contributed by atoms with Gasteiger partial charge in [-0.2, -0.15) is 0 Å². The molecule has 1 atom stereocenters. The molecule has 1 amide bonds. The summed E-state index contributed by atoms with van der Waals surface area (Å²) in [6.07, 6.45) is 1.61. The number of carbonyl (C=O) groups excluding carboxylic acids is 1. The first-order valence-corrected chi connectivity index (χ1v) is 6.28. The first-order chi connectivity index (χ1) is 9.61. The minimum absolute atomic E-state index is 0.0646. The van der Waals surface area contributed by atoms with E-state index in [-0.39, 0.29) is 23.2 Å². The van der Waals surface area contributed by atoms with Crippen molar-refractivity contribution < 1.29 is 19.1 Å². The van der Waals surface area contributed by atoms with Crippen LogP contribution in [-0.2, 0) is 9.53 Å². The summed E-state index contributed by atoms with van der Waals surface area (Å²) < 4.78 is 18.7. The number of nitrogens with zero attached hydrogens (tertiary/aromatic N) is 1. The van der Waals surface area contributed by atoms with Gasteiger partial charge >= 0.3 is 0 Å². The highest BCUT2D eigenvalue weighted by atomic mass is 19.1. The van der Waals surface area contributed by atoms with E-state index in [1.165, 1.54) is 12.1 Å². The molecule has 0 spiro atoms. The molecule has 7 heteroatoms. The number of amidine groups is 1. The Hall–Kier alpha value is -2.15. The highest BCUT2D eigenvalue weighted by Crippen LogP contribution is 2.19. The van der Waals surface area contributed by atoms with Crippen LogP contribution < -0.4 is 11.1 Å². The van der Waals surface area contributed by atoms with Gasteiger partial charge in [0.2, 0.25) is 5.91 Å². The Bertz CT molecular complexity index is 528. The quantitative estimate of drug-likeness (QED) is 0.336. The van der Waals surface area contributed by atoms with E-state index in [1.807, 2.05) is 0 Å². The molecule has 1 fully saturated rings. The van der Waals surface area contributed by atoms with Crippen molar-refractivity contribution in [2.75, 3.05) is 18.5 Å². The molecular formula is C13H16FN3O3. The van der Waals surface area contributed by atoms with Gasteiger partial charge in [0.1, 0.15) is 5.82 Å². The predicted molar refractivity (Wildman–Crippen MR) is 71.1 cm³/mol. The molecular weight excluding hydrogens is 265 g/mol. The van der Waals surface area contributed by atoms with Gasteiger partial charge in [-0.05, 0) is 31.0 Å². The standard InChI is InChI=1S/C13H16FN3O3/c14-11-4-3-9(6-10(11)12(15)17-19)16-13(18)8-2-1-5-20-7-8/h3-4,6,8,19H,1-2,5,7H2,(H2,15,17)(H,16,18). The van der Waals surface area contributed by atoms with Crippen molar-refractivity contribution in [3.63, 3.8) is 0 Å². The second kappa shape index (κ2) is 6.33. The predicted octanol–water partition coefficient (Wildman–Crippen LogP) is 1.29. The van der Waals surface area contributed by atoms with Crippen LogP contribution in [0.25, 0.3) is 0 Å². The monoisotopic (exact) mass is 281 g/mol. The Morgan fingerprint density at radius 3 is 3.00 bits per heavy atom. The van der Waals surface area contributed by atoms with E-state index in [0.29, 0.717) is 18.9 Å². The van der Waals surface area contributed by atoms with E-state index >= 15 is 0 Å². The first-order valence-electron chi connectivity index (χ1n) is 6.28. The number of rotatable bonds is 3. The molecule has 1 saturated heterocycles. The number of anilines is 1. The number of ether oxygens (including phenoxy) is 1. The topological polar surface area (TPSA) is 96.9 Å². The number of hydrogen-bond acceptors (Lipinski definition) is 4. The van der Waals surface area contributed by atoms with Crippen LogP contribution in [0.4, 0.5) is 10.1 Å². The van der Waals surface area contributed by atoms with Crippen molar-refractivity contribution >= 4 is 17.4 Å². The van der Waals surface area contributed by atoms with E-state index in [4.69, 9.17) is 15.7 Å². The summed E-state index contributed by atoms with van der Waals surface area (Å²) in [5, 5.41) is 14.0. The molecule has 1 heterocycles. The average Bonchev–Trinajstić information content (AvgIpc) is 2.49. The summed E-state index contributed by atoms with van der Waals surface area (Å²) in [6.45, 7) is 1.06. The molecule has 0 bridgehead atoms. The number of amides is 1. The van der Waals surface area contributed by atoms with Crippen molar-refractivity contribution in [1.82, 2.24) is 0 Å². The van der Waals surface area contributed by atoms with Crippen LogP contribution >= 0.6 is 0 Å². The summed E-state index contributed by atoms with van der Waals surface area (Å²) in [5.74, 6) is -1.36. The number of carbonyl (C=O) groups is 1. The SMILES string of the molecule is NC(=NO)c1cc(NC(=O)C2CCCOC2)ccc1F. The summed E-state index contributed by atoms with van der Waals surface area (Å²) >= 11 is 0. The molecule has 1 aromatic rings. The molecule has 2 rings (SSSR count). The number of nitrogens with one attached hydrogen (secondary N) is 1. The highest BCUT2D eigenvalue weighted by Gasteiger charge is 2.22. The van der Waals surface area contributed by atoms with Crippen LogP contribution in [0.2, 0.25) is 0 Å². The molecule has 0 saturated carbocycles. The third kappa shape index (κ3) is 3.24. The Kier molecular flexibility index (Phi) is 4.52. The van der Waals surface area contributed by atoms with Crippen LogP contribution in [0.3, 0.4) is 0 Å². The Morgan fingerprint density at radius 2 is 2.35 bits per heavy atom. The van der Waals surface area contributed by atoms with Gasteiger partial charge in [-0.25, -0.2) is 4.39 Å². The minimum atomic E-state index is -0.626. The van der Waals surface area contributed by atoms with E-state index < -0.39 is 5.82 Å². The first kappa shape index (κ1) is 14.3. The van der Waals surface area contributed by atoms with Gasteiger partial charge in [0, 0.05) is 12.3 Å². The van der Waals surface area contributed by atoms with Gasteiger partial charge in [0.25, 0.3) is 0 Å². The Balaban J connectivity index is 2.11. The van der Waals surface area contributed by atoms with Gasteiger partial charge in [-0.15, -0.1) is 0 Å². The van der Waals surface area contributed by atoms with Gasteiger partial charge in [0.15, 0.2) is 5.84 Å². The Morgan fingerprint density at radius 1 is 1.55 bits per heavy atom. The maximum absolute atomic E-state index is 13.5. The van der Waals surface area contributed by atoms with Crippen LogP contribution in [0.1, 0.15) is 18.4 Å². The third-order valence-corrected chi connectivity index (χ3v) is 3.15. The molecule has 0 radical (unpaired) electrons. The molecule has 20 heavy (non-hydrogen) atoms. The van der Waals surface area contributed by atoms with E-state index in [0.717, 1.165) is 18.9 Å². The fourth-order valence-electron chi connectivity index (χ4n) is 2.05. The maximum Gasteiger partial charge on any atom is 0.229 e. The van der Waals surface area contributed by atoms with Crippen LogP contribution in [0.5, 0.6) is 0 Å². The van der Waals surface area contributed by atoms with Crippen molar-refractivity contribution in [3.8, 4) is 0 Å². The third-order valence-electron chi connectivity index (χ3n) is 3.15. The van der Waals surface area contributed by atoms with Gasteiger partial charge in [-0.3, -0.25) is 4.79 Å². The van der Waals surface area contributed by atoms with E-state index in [1.54, 1.807) is 0 Å². The number of nitrogens with two attached hydrogens (primary N) is 1. The molecule has 0 aromatic heterocycles. The van der Waals surface area contributed by atoms with Gasteiger partial charge in [-0.1, -0.05) is 5.16 Å². The molecule has 1 aromatic carbocycles. The van der Waals surface area contributed by atoms with Gasteiger partial charge < -0.3 is 21.0 Å². The zero-order valence-corrected chi connectivity index (χ0v) is 10.8. The van der Waals surface area contributed by atoms with Crippen molar-refractivity contribution in [1.29, 1.82) is 0 Å². The van der Waals surface area contributed by atoms with Crippen molar-refractivity contribution in [2.45, 2.75) is 12.8 Å². The zero-order valence-electron chi connectivity index (χ0n) is 10.8. The molecule has 6 nitrogen and oxygen atoms in total. The summed E-state index contributed by atoms with van der Waals surface area (Å²) in [5.41, 5.74) is 5.69. The maximum atomic E-state index is 13.5. The fourth-order valence-corrected chi connectivity index (χ4v) is 2.05. The molecule has 1 aliphatic rings. The van der Waals surface area contributed by atoms with Crippen LogP contribution in [-0.4, -0.2) is 30.2 Å². The zero-order chi connectivity index (χ0) is 14.5. The molecule has 4 N–H and O–H groups in total. The van der Waals surface area contributed by atoms with Crippen molar-refractivity contribution in [2.24, 2.45) is 16.8 Å². The van der Waals surface area contributed by atoms with Crippen molar-refractivity contribution in [3.05, 3.63) is 29.6 Å². The summed E-state index contributed by atoms with van der Waals surface area (Å²) in [7, 11) is 0. The van der Waals surface area contributed by atoms with Crippen LogP contribution in [0.15, 0.2) is 23.4 Å². The fraction of sp³-hybridized carbons (Fsp3) is 0.385. The lowest BCUT2D eigenvalue weighted by molar-refractivity contribution is -0.123. The lowest BCUT2D eigenvalue weighted by Gasteiger charge is -2.21. The number of halogens is 1. The number of hydrogen-bond donors (Lipinski definition) is 3. The largest absolute Gasteiger partial charge is 0.409 e. The smallest absolute Gasteiger partial charge is 0.229 e.